The number of carbonyl (C=O) groups excluding carboxylic acids is 1. The van der Waals surface area contributed by atoms with Crippen LogP contribution in [0.3, 0.4) is 0 Å². The van der Waals surface area contributed by atoms with Gasteiger partial charge in [-0.3, -0.25) is 19.7 Å². The molecule has 1 aromatic carbocycles. The number of carboxylic acids is 1. The van der Waals surface area contributed by atoms with Crippen LogP contribution in [0, 0.1) is 21.8 Å². The quantitative estimate of drug-likeness (QED) is 0.613. The molecular formula is C13H13FN2O5. The number of carbonyl (C=O) groups is 2. The van der Waals surface area contributed by atoms with Crippen LogP contribution in [-0.2, 0) is 4.79 Å². The van der Waals surface area contributed by atoms with Gasteiger partial charge in [0.15, 0.2) is 0 Å². The van der Waals surface area contributed by atoms with Crippen LogP contribution in [0.1, 0.15) is 29.6 Å². The molecular weight excluding hydrogens is 283 g/mol. The van der Waals surface area contributed by atoms with E-state index >= 15 is 0 Å². The number of hydrogen-bond acceptors (Lipinski definition) is 4. The third-order valence-corrected chi connectivity index (χ3v) is 3.31. The predicted molar refractivity (Wildman–Crippen MR) is 69.3 cm³/mol. The van der Waals surface area contributed by atoms with Gasteiger partial charge in [0.1, 0.15) is 5.82 Å². The van der Waals surface area contributed by atoms with Crippen molar-refractivity contribution in [3.63, 3.8) is 0 Å². The van der Waals surface area contributed by atoms with Gasteiger partial charge in [-0.25, -0.2) is 4.39 Å². The molecule has 0 heterocycles. The van der Waals surface area contributed by atoms with Crippen molar-refractivity contribution in [3.8, 4) is 0 Å². The smallest absolute Gasteiger partial charge is 0.305 e. The Kier molecular flexibility index (Phi) is 4.15. The molecule has 8 heteroatoms. The highest BCUT2D eigenvalue weighted by Gasteiger charge is 2.34. The summed E-state index contributed by atoms with van der Waals surface area (Å²) >= 11 is 0. The Balaban J connectivity index is 2.16. The van der Waals surface area contributed by atoms with E-state index in [-0.39, 0.29) is 12.3 Å². The van der Waals surface area contributed by atoms with Crippen LogP contribution in [0.25, 0.3) is 0 Å². The summed E-state index contributed by atoms with van der Waals surface area (Å²) in [6.07, 6.45) is 1.35. The van der Waals surface area contributed by atoms with Crippen molar-refractivity contribution in [3.05, 3.63) is 39.7 Å². The van der Waals surface area contributed by atoms with Gasteiger partial charge >= 0.3 is 5.97 Å². The maximum atomic E-state index is 13.6. The van der Waals surface area contributed by atoms with Gasteiger partial charge in [0.25, 0.3) is 11.6 Å². The molecule has 0 bridgehead atoms. The largest absolute Gasteiger partial charge is 0.481 e. The van der Waals surface area contributed by atoms with Gasteiger partial charge in [-0.05, 0) is 24.8 Å². The Morgan fingerprint density at radius 3 is 2.67 bits per heavy atom. The Labute approximate surface area is 118 Å². The van der Waals surface area contributed by atoms with Crippen LogP contribution in [0.5, 0.6) is 0 Å². The third-order valence-electron chi connectivity index (χ3n) is 3.31. The van der Waals surface area contributed by atoms with Gasteiger partial charge in [-0.15, -0.1) is 0 Å². The summed E-state index contributed by atoms with van der Waals surface area (Å²) in [5.74, 6) is -2.73. The molecule has 0 saturated heterocycles. The summed E-state index contributed by atoms with van der Waals surface area (Å²) in [5.41, 5.74) is -0.858. The Morgan fingerprint density at radius 1 is 1.48 bits per heavy atom. The lowest BCUT2D eigenvalue weighted by Crippen LogP contribution is -2.38. The number of non-ortho nitro benzene ring substituents is 1. The number of nitro groups is 1. The Hall–Kier alpha value is -2.51. The number of rotatable bonds is 6. The fraction of sp³-hybridized carbons (Fsp3) is 0.385. The second-order valence-corrected chi connectivity index (χ2v) is 4.94. The molecule has 0 radical (unpaired) electrons. The summed E-state index contributed by atoms with van der Waals surface area (Å²) in [7, 11) is 0. The average Bonchev–Trinajstić information content (AvgIpc) is 3.21. The second-order valence-electron chi connectivity index (χ2n) is 4.94. The number of carboxylic acid groups (broad SMARTS) is 1. The van der Waals surface area contributed by atoms with Crippen molar-refractivity contribution in [1.29, 1.82) is 0 Å². The molecule has 7 nitrogen and oxygen atoms in total. The fourth-order valence-electron chi connectivity index (χ4n) is 2.07. The number of nitrogens with zero attached hydrogens (tertiary/aromatic N) is 1. The molecule has 1 saturated carbocycles. The summed E-state index contributed by atoms with van der Waals surface area (Å²) in [6, 6.07) is 2.06. The zero-order valence-corrected chi connectivity index (χ0v) is 10.9. The minimum absolute atomic E-state index is 0.0619. The molecule has 1 atom stereocenters. The van der Waals surface area contributed by atoms with Crippen LogP contribution in [0.15, 0.2) is 18.2 Å². The number of nitrogens with one attached hydrogen (secondary N) is 1. The highest BCUT2D eigenvalue weighted by molar-refractivity contribution is 5.95. The number of halogens is 1. The Morgan fingerprint density at radius 2 is 2.14 bits per heavy atom. The molecule has 1 aromatic rings. The summed E-state index contributed by atoms with van der Waals surface area (Å²) in [5, 5.41) is 21.9. The SMILES string of the molecule is O=C(O)CC(NC(=O)c1cc([N+](=O)[O-])ccc1F)C1CC1. The fourth-order valence-corrected chi connectivity index (χ4v) is 2.07. The molecule has 1 aliphatic rings. The van der Waals surface area contributed by atoms with Crippen molar-refractivity contribution >= 4 is 17.6 Å². The lowest BCUT2D eigenvalue weighted by atomic mass is 10.1. The van der Waals surface area contributed by atoms with E-state index in [1.165, 1.54) is 0 Å². The van der Waals surface area contributed by atoms with Crippen LogP contribution < -0.4 is 5.32 Å². The van der Waals surface area contributed by atoms with Crippen molar-refractivity contribution in [2.75, 3.05) is 0 Å². The van der Waals surface area contributed by atoms with Crippen molar-refractivity contribution in [2.45, 2.75) is 25.3 Å². The number of aliphatic carboxylic acids is 1. The van der Waals surface area contributed by atoms with Gasteiger partial charge in [0.2, 0.25) is 0 Å². The first kappa shape index (κ1) is 14.9. The number of benzene rings is 1. The zero-order valence-electron chi connectivity index (χ0n) is 10.9. The standard InChI is InChI=1S/C13H13FN2O5/c14-10-4-3-8(16(20)21)5-9(10)13(19)15-11(6-12(17)18)7-1-2-7/h3-5,7,11H,1-2,6H2,(H,15,19)(H,17,18). The molecule has 21 heavy (non-hydrogen) atoms. The topological polar surface area (TPSA) is 110 Å². The monoisotopic (exact) mass is 296 g/mol. The molecule has 2 rings (SSSR count). The number of nitro benzene ring substituents is 1. The zero-order chi connectivity index (χ0) is 15.6. The molecule has 1 aliphatic carbocycles. The van der Waals surface area contributed by atoms with Crippen LogP contribution in [0.2, 0.25) is 0 Å². The molecule has 1 fully saturated rings. The van der Waals surface area contributed by atoms with E-state index in [0.29, 0.717) is 0 Å². The van der Waals surface area contributed by atoms with E-state index in [4.69, 9.17) is 5.11 Å². The first-order valence-electron chi connectivity index (χ1n) is 6.35. The van der Waals surface area contributed by atoms with Gasteiger partial charge in [0, 0.05) is 18.2 Å². The van der Waals surface area contributed by atoms with Gasteiger partial charge in [-0.2, -0.15) is 0 Å². The summed E-state index contributed by atoms with van der Waals surface area (Å²) in [4.78, 5) is 32.7. The lowest BCUT2D eigenvalue weighted by Gasteiger charge is -2.16. The maximum Gasteiger partial charge on any atom is 0.305 e. The van der Waals surface area contributed by atoms with Crippen molar-refractivity contribution in [1.82, 2.24) is 5.32 Å². The highest BCUT2D eigenvalue weighted by Crippen LogP contribution is 2.34. The minimum atomic E-state index is -1.06. The molecule has 0 spiro atoms. The molecule has 1 unspecified atom stereocenters. The molecule has 0 aromatic heterocycles. The lowest BCUT2D eigenvalue weighted by molar-refractivity contribution is -0.384. The summed E-state index contributed by atoms with van der Waals surface area (Å²) in [6.45, 7) is 0. The van der Waals surface area contributed by atoms with E-state index in [0.717, 1.165) is 31.0 Å². The minimum Gasteiger partial charge on any atom is -0.481 e. The van der Waals surface area contributed by atoms with Crippen LogP contribution in [0.4, 0.5) is 10.1 Å². The molecule has 112 valence electrons. The third kappa shape index (κ3) is 3.74. The first-order chi connectivity index (χ1) is 9.88. The number of hydrogen-bond donors (Lipinski definition) is 2. The van der Waals surface area contributed by atoms with Crippen LogP contribution in [-0.4, -0.2) is 27.9 Å². The summed E-state index contributed by atoms with van der Waals surface area (Å²) < 4.78 is 13.6. The van der Waals surface area contributed by atoms with Crippen molar-refractivity contribution < 1.29 is 24.0 Å². The molecule has 1 amide bonds. The van der Waals surface area contributed by atoms with E-state index in [1.807, 2.05) is 0 Å². The van der Waals surface area contributed by atoms with E-state index in [1.54, 1.807) is 0 Å². The van der Waals surface area contributed by atoms with E-state index in [9.17, 15) is 24.1 Å². The average molecular weight is 296 g/mol. The molecule has 0 aliphatic heterocycles. The highest BCUT2D eigenvalue weighted by atomic mass is 19.1. The normalized spacial score (nSPS) is 15.3. The Bertz CT molecular complexity index is 600. The molecule has 2 N–H and O–H groups in total. The van der Waals surface area contributed by atoms with Gasteiger partial charge in [0.05, 0.1) is 16.9 Å². The van der Waals surface area contributed by atoms with Crippen molar-refractivity contribution in [2.24, 2.45) is 5.92 Å². The number of amides is 1. The second kappa shape index (κ2) is 5.86. The van der Waals surface area contributed by atoms with E-state index < -0.39 is 39.9 Å². The van der Waals surface area contributed by atoms with Crippen LogP contribution >= 0.6 is 0 Å². The van der Waals surface area contributed by atoms with Gasteiger partial charge < -0.3 is 10.4 Å². The maximum absolute atomic E-state index is 13.6. The predicted octanol–water partition coefficient (Wildman–Crippen LogP) is 1.72. The van der Waals surface area contributed by atoms with Gasteiger partial charge in [-0.1, -0.05) is 0 Å². The first-order valence-corrected chi connectivity index (χ1v) is 6.35. The van der Waals surface area contributed by atoms with E-state index in [2.05, 4.69) is 5.32 Å².